The summed E-state index contributed by atoms with van der Waals surface area (Å²) in [5.74, 6) is -1.05. The number of thioether (sulfide) groups is 1. The molecule has 1 aromatic rings. The molecule has 7 heteroatoms. The number of carbonyl (C=O) groups excluding carboxylic acids is 1. The van der Waals surface area contributed by atoms with Crippen LogP contribution < -0.4 is 5.32 Å². The van der Waals surface area contributed by atoms with E-state index in [1.165, 1.54) is 40.9 Å². The fourth-order valence-corrected chi connectivity index (χ4v) is 3.03. The predicted octanol–water partition coefficient (Wildman–Crippen LogP) is 2.21. The molecule has 2 atom stereocenters. The third kappa shape index (κ3) is 2.98. The molecule has 2 N–H and O–H groups in total. The van der Waals surface area contributed by atoms with Gasteiger partial charge in [-0.25, -0.2) is 14.0 Å². The second kappa shape index (κ2) is 5.48. The minimum absolute atomic E-state index is 0.207. The third-order valence-electron chi connectivity index (χ3n) is 2.84. The lowest BCUT2D eigenvalue weighted by Crippen LogP contribution is -2.46. The number of halogens is 1. The number of nitrogens with one attached hydrogen (secondary N) is 1. The molecule has 2 rings (SSSR count). The Morgan fingerprint density at radius 2 is 2.05 bits per heavy atom. The zero-order valence-corrected chi connectivity index (χ0v) is 11.0. The Balaban J connectivity index is 2.10. The van der Waals surface area contributed by atoms with Gasteiger partial charge < -0.3 is 10.4 Å². The summed E-state index contributed by atoms with van der Waals surface area (Å²) >= 11 is 1.41. The second-order valence-corrected chi connectivity index (χ2v) is 5.48. The van der Waals surface area contributed by atoms with Crippen molar-refractivity contribution in [1.29, 1.82) is 0 Å². The SMILES string of the molecule is CC1SCC(C(=O)O)N1C(=O)Nc1ccc(F)cc1. The highest BCUT2D eigenvalue weighted by Gasteiger charge is 2.39. The molecule has 102 valence electrons. The van der Waals surface area contributed by atoms with Crippen LogP contribution in [0.3, 0.4) is 0 Å². The normalized spacial score (nSPS) is 22.3. The van der Waals surface area contributed by atoms with Gasteiger partial charge in [-0.3, -0.25) is 4.90 Å². The maximum atomic E-state index is 12.8. The molecule has 2 amide bonds. The van der Waals surface area contributed by atoms with Gasteiger partial charge in [0, 0.05) is 11.4 Å². The fraction of sp³-hybridized carbons (Fsp3) is 0.333. The molecule has 0 spiro atoms. The molecular formula is C12H13FN2O3S. The van der Waals surface area contributed by atoms with E-state index in [9.17, 15) is 14.0 Å². The zero-order chi connectivity index (χ0) is 14.0. The van der Waals surface area contributed by atoms with E-state index in [1.807, 2.05) is 0 Å². The van der Waals surface area contributed by atoms with Crippen molar-refractivity contribution in [2.75, 3.05) is 11.1 Å². The summed E-state index contributed by atoms with van der Waals surface area (Å²) in [4.78, 5) is 24.4. The number of carboxylic acids is 1. The Hall–Kier alpha value is -1.76. The monoisotopic (exact) mass is 284 g/mol. The number of anilines is 1. The number of hydrogen-bond acceptors (Lipinski definition) is 3. The van der Waals surface area contributed by atoms with Crippen molar-refractivity contribution in [3.63, 3.8) is 0 Å². The van der Waals surface area contributed by atoms with E-state index in [4.69, 9.17) is 5.11 Å². The van der Waals surface area contributed by atoms with Crippen LogP contribution >= 0.6 is 11.8 Å². The number of carbonyl (C=O) groups is 2. The summed E-state index contributed by atoms with van der Waals surface area (Å²) in [6, 6.07) is 3.99. The maximum Gasteiger partial charge on any atom is 0.327 e. The van der Waals surface area contributed by atoms with Crippen molar-refractivity contribution in [2.45, 2.75) is 18.3 Å². The van der Waals surface area contributed by atoms with Crippen LogP contribution in [0.15, 0.2) is 24.3 Å². The quantitative estimate of drug-likeness (QED) is 0.873. The molecule has 0 radical (unpaired) electrons. The van der Waals surface area contributed by atoms with Crippen LogP contribution in [0.2, 0.25) is 0 Å². The van der Waals surface area contributed by atoms with E-state index in [2.05, 4.69) is 5.32 Å². The van der Waals surface area contributed by atoms with Crippen molar-refractivity contribution in [3.05, 3.63) is 30.1 Å². The third-order valence-corrected chi connectivity index (χ3v) is 4.06. The first-order valence-corrected chi connectivity index (χ1v) is 6.73. The van der Waals surface area contributed by atoms with Crippen molar-refractivity contribution < 1.29 is 19.1 Å². The smallest absolute Gasteiger partial charge is 0.327 e. The first-order valence-electron chi connectivity index (χ1n) is 5.68. The van der Waals surface area contributed by atoms with E-state index in [1.54, 1.807) is 6.92 Å². The average Bonchev–Trinajstić information content (AvgIpc) is 2.74. The predicted molar refractivity (Wildman–Crippen MR) is 70.6 cm³/mol. The Bertz CT molecular complexity index is 494. The first-order chi connectivity index (χ1) is 8.99. The van der Waals surface area contributed by atoms with Crippen LogP contribution in [0.4, 0.5) is 14.9 Å². The number of carboxylic acid groups (broad SMARTS) is 1. The number of rotatable bonds is 2. The average molecular weight is 284 g/mol. The van der Waals surface area contributed by atoms with E-state index >= 15 is 0 Å². The van der Waals surface area contributed by atoms with E-state index < -0.39 is 23.9 Å². The lowest BCUT2D eigenvalue weighted by molar-refractivity contribution is -0.141. The molecule has 0 aliphatic carbocycles. The van der Waals surface area contributed by atoms with Crippen molar-refractivity contribution in [1.82, 2.24) is 4.90 Å². The number of amides is 2. The molecule has 2 unspecified atom stereocenters. The summed E-state index contributed by atoms with van der Waals surface area (Å²) in [5, 5.41) is 11.4. The van der Waals surface area contributed by atoms with Crippen molar-refractivity contribution >= 4 is 29.4 Å². The molecule has 5 nitrogen and oxygen atoms in total. The molecule has 1 aliphatic heterocycles. The molecule has 1 aromatic carbocycles. The molecule has 0 bridgehead atoms. The number of urea groups is 1. The largest absolute Gasteiger partial charge is 0.480 e. The molecular weight excluding hydrogens is 271 g/mol. The van der Waals surface area contributed by atoms with Crippen molar-refractivity contribution in [2.24, 2.45) is 0 Å². The molecule has 1 aliphatic rings. The van der Waals surface area contributed by atoms with Gasteiger partial charge in [0.2, 0.25) is 0 Å². The van der Waals surface area contributed by atoms with Gasteiger partial charge in [0.15, 0.2) is 0 Å². The highest BCUT2D eigenvalue weighted by molar-refractivity contribution is 8.00. The van der Waals surface area contributed by atoms with Gasteiger partial charge in [0.1, 0.15) is 11.9 Å². The molecule has 0 aromatic heterocycles. The van der Waals surface area contributed by atoms with Gasteiger partial charge in [0.25, 0.3) is 0 Å². The summed E-state index contributed by atoms with van der Waals surface area (Å²) < 4.78 is 12.8. The first kappa shape index (κ1) is 13.7. The molecule has 1 saturated heterocycles. The second-order valence-electron chi connectivity index (χ2n) is 4.13. The van der Waals surface area contributed by atoms with Crippen LogP contribution in [0.1, 0.15) is 6.92 Å². The number of nitrogens with zero attached hydrogens (tertiary/aromatic N) is 1. The molecule has 19 heavy (non-hydrogen) atoms. The topological polar surface area (TPSA) is 69.6 Å². The lowest BCUT2D eigenvalue weighted by atomic mass is 10.3. The molecule has 1 heterocycles. The Kier molecular flexibility index (Phi) is 3.94. The molecule has 0 saturated carbocycles. The fourth-order valence-electron chi connectivity index (χ4n) is 1.86. The van der Waals surface area contributed by atoms with Gasteiger partial charge in [-0.15, -0.1) is 11.8 Å². The Morgan fingerprint density at radius 3 is 2.63 bits per heavy atom. The van der Waals surface area contributed by atoms with Gasteiger partial charge in [-0.2, -0.15) is 0 Å². The summed E-state index contributed by atoms with van der Waals surface area (Å²) in [6.45, 7) is 1.78. The van der Waals surface area contributed by atoms with Crippen LogP contribution in [0.5, 0.6) is 0 Å². The van der Waals surface area contributed by atoms with Crippen LogP contribution in [0, 0.1) is 5.82 Å². The highest BCUT2D eigenvalue weighted by Crippen LogP contribution is 2.29. The van der Waals surface area contributed by atoms with E-state index in [0.717, 1.165) is 0 Å². The summed E-state index contributed by atoms with van der Waals surface area (Å²) in [5.41, 5.74) is 0.430. The van der Waals surface area contributed by atoms with Crippen LogP contribution in [-0.4, -0.2) is 39.2 Å². The van der Waals surface area contributed by atoms with E-state index in [0.29, 0.717) is 11.4 Å². The Labute approximate surface area is 113 Å². The summed E-state index contributed by atoms with van der Waals surface area (Å²) in [7, 11) is 0. The minimum atomic E-state index is -1.02. The number of benzene rings is 1. The number of hydrogen-bond donors (Lipinski definition) is 2. The van der Waals surface area contributed by atoms with Crippen LogP contribution in [-0.2, 0) is 4.79 Å². The maximum absolute atomic E-state index is 12.8. The van der Waals surface area contributed by atoms with E-state index in [-0.39, 0.29) is 5.37 Å². The minimum Gasteiger partial charge on any atom is -0.480 e. The van der Waals surface area contributed by atoms with Gasteiger partial charge in [-0.05, 0) is 31.2 Å². The van der Waals surface area contributed by atoms with Crippen molar-refractivity contribution in [3.8, 4) is 0 Å². The molecule has 1 fully saturated rings. The van der Waals surface area contributed by atoms with Gasteiger partial charge in [0.05, 0.1) is 5.37 Å². The lowest BCUT2D eigenvalue weighted by Gasteiger charge is -2.25. The Morgan fingerprint density at radius 1 is 1.42 bits per heavy atom. The number of aliphatic carboxylic acids is 1. The summed E-state index contributed by atoms with van der Waals surface area (Å²) in [6.07, 6.45) is 0. The highest BCUT2D eigenvalue weighted by atomic mass is 32.2. The standard InChI is InChI=1S/C12H13FN2O3S/c1-7-15(10(6-19-7)11(16)17)12(18)14-9-4-2-8(13)3-5-9/h2-5,7,10H,6H2,1H3,(H,14,18)(H,16,17). The van der Waals surface area contributed by atoms with Gasteiger partial charge >= 0.3 is 12.0 Å². The van der Waals surface area contributed by atoms with Crippen LogP contribution in [0.25, 0.3) is 0 Å². The van der Waals surface area contributed by atoms with Gasteiger partial charge in [-0.1, -0.05) is 0 Å². The zero-order valence-electron chi connectivity index (χ0n) is 10.2.